The van der Waals surface area contributed by atoms with Gasteiger partial charge in [-0.25, -0.2) is 9.78 Å². The average molecular weight is 272 g/mol. The van der Waals surface area contributed by atoms with Crippen LogP contribution < -0.4 is 15.4 Å². The Morgan fingerprint density at radius 2 is 2.15 bits per heavy atom. The van der Waals surface area contributed by atoms with E-state index in [0.717, 1.165) is 5.56 Å². The van der Waals surface area contributed by atoms with E-state index in [1.165, 1.54) is 13.3 Å². The van der Waals surface area contributed by atoms with Crippen molar-refractivity contribution in [2.24, 2.45) is 0 Å². The lowest BCUT2D eigenvalue weighted by atomic mass is 10.1. The fourth-order valence-corrected chi connectivity index (χ4v) is 1.65. The molecule has 6 nitrogen and oxygen atoms in total. The van der Waals surface area contributed by atoms with E-state index in [-0.39, 0.29) is 12.1 Å². The molecule has 2 aromatic heterocycles. The Morgan fingerprint density at radius 1 is 1.30 bits per heavy atom. The van der Waals surface area contributed by atoms with Gasteiger partial charge in [0.15, 0.2) is 0 Å². The maximum atomic E-state index is 11.8. The number of ether oxygens (including phenoxy) is 1. The van der Waals surface area contributed by atoms with Crippen LogP contribution in [0.15, 0.2) is 42.9 Å². The molecule has 20 heavy (non-hydrogen) atoms. The molecular formula is C14H16N4O2. The number of nitrogens with one attached hydrogen (secondary N) is 2. The highest BCUT2D eigenvalue weighted by atomic mass is 16.5. The monoisotopic (exact) mass is 272 g/mol. The van der Waals surface area contributed by atoms with E-state index in [1.54, 1.807) is 24.5 Å². The lowest BCUT2D eigenvalue weighted by Crippen LogP contribution is -2.31. The first-order valence-corrected chi connectivity index (χ1v) is 6.16. The number of nitrogens with zero attached hydrogens (tertiary/aromatic N) is 2. The zero-order valence-corrected chi connectivity index (χ0v) is 11.3. The maximum absolute atomic E-state index is 11.8. The van der Waals surface area contributed by atoms with Crippen LogP contribution in [0.4, 0.5) is 10.5 Å². The molecule has 0 bridgehead atoms. The normalized spacial score (nSPS) is 11.5. The van der Waals surface area contributed by atoms with Crippen molar-refractivity contribution < 1.29 is 9.53 Å². The summed E-state index contributed by atoms with van der Waals surface area (Å²) in [6, 6.07) is 6.72. The second kappa shape index (κ2) is 6.51. The highest BCUT2D eigenvalue weighted by Crippen LogP contribution is 2.12. The van der Waals surface area contributed by atoms with Gasteiger partial charge in [-0.15, -0.1) is 0 Å². The smallest absolute Gasteiger partial charge is 0.319 e. The standard InChI is InChI=1S/C14H16N4O2/c1-10(11-4-3-7-15-8-11)17-14(19)18-12-5-6-13(20-2)16-9-12/h3-10H,1-2H3,(H2,17,18,19). The van der Waals surface area contributed by atoms with Gasteiger partial charge in [0.2, 0.25) is 5.88 Å². The Hall–Kier alpha value is -2.63. The maximum Gasteiger partial charge on any atom is 0.319 e. The third-order valence-electron chi connectivity index (χ3n) is 2.74. The SMILES string of the molecule is COc1ccc(NC(=O)NC(C)c2cccnc2)cn1. The third kappa shape index (κ3) is 3.68. The molecule has 0 fully saturated rings. The summed E-state index contributed by atoms with van der Waals surface area (Å²) in [5.74, 6) is 0.500. The number of urea groups is 1. The van der Waals surface area contributed by atoms with Crippen LogP contribution in [0, 0.1) is 0 Å². The summed E-state index contributed by atoms with van der Waals surface area (Å²) in [5, 5.41) is 5.53. The van der Waals surface area contributed by atoms with Crippen molar-refractivity contribution in [2.75, 3.05) is 12.4 Å². The van der Waals surface area contributed by atoms with Crippen LogP contribution in [0.1, 0.15) is 18.5 Å². The molecule has 1 atom stereocenters. The summed E-state index contributed by atoms with van der Waals surface area (Å²) in [4.78, 5) is 19.9. The second-order valence-electron chi connectivity index (χ2n) is 4.20. The molecule has 0 saturated heterocycles. The molecule has 0 spiro atoms. The first kappa shape index (κ1) is 13.8. The van der Waals surface area contributed by atoms with E-state index < -0.39 is 0 Å². The number of aromatic nitrogens is 2. The Balaban J connectivity index is 1.91. The van der Waals surface area contributed by atoms with Crippen LogP contribution in [0.3, 0.4) is 0 Å². The topological polar surface area (TPSA) is 76.1 Å². The van der Waals surface area contributed by atoms with E-state index in [9.17, 15) is 4.79 Å². The van der Waals surface area contributed by atoms with Gasteiger partial charge in [0.05, 0.1) is 25.0 Å². The predicted octanol–water partition coefficient (Wildman–Crippen LogP) is 2.37. The first-order valence-electron chi connectivity index (χ1n) is 6.16. The number of pyridine rings is 2. The van der Waals surface area contributed by atoms with Gasteiger partial charge in [-0.2, -0.15) is 0 Å². The van der Waals surface area contributed by atoms with Crippen molar-refractivity contribution in [3.63, 3.8) is 0 Å². The Labute approximate surface area is 117 Å². The molecule has 6 heteroatoms. The molecule has 2 rings (SSSR count). The number of amides is 2. The number of carbonyl (C=O) groups excluding carboxylic acids is 1. The fourth-order valence-electron chi connectivity index (χ4n) is 1.65. The van der Waals surface area contributed by atoms with Crippen molar-refractivity contribution in [1.82, 2.24) is 15.3 Å². The molecule has 0 aliphatic carbocycles. The molecule has 2 aromatic rings. The van der Waals surface area contributed by atoms with E-state index in [2.05, 4.69) is 20.6 Å². The van der Waals surface area contributed by atoms with Crippen LogP contribution in [0.25, 0.3) is 0 Å². The largest absolute Gasteiger partial charge is 0.481 e. The van der Waals surface area contributed by atoms with Crippen LogP contribution >= 0.6 is 0 Å². The number of carbonyl (C=O) groups is 1. The van der Waals surface area contributed by atoms with Gasteiger partial charge < -0.3 is 15.4 Å². The zero-order chi connectivity index (χ0) is 14.4. The summed E-state index contributed by atoms with van der Waals surface area (Å²) < 4.78 is 4.95. The van der Waals surface area contributed by atoms with Crippen LogP contribution in [-0.4, -0.2) is 23.1 Å². The van der Waals surface area contributed by atoms with Crippen LogP contribution in [0.2, 0.25) is 0 Å². The zero-order valence-electron chi connectivity index (χ0n) is 11.3. The molecule has 1 unspecified atom stereocenters. The van der Waals surface area contributed by atoms with Crippen molar-refractivity contribution in [1.29, 1.82) is 0 Å². The molecule has 2 amide bonds. The number of rotatable bonds is 4. The van der Waals surface area contributed by atoms with Gasteiger partial charge in [0, 0.05) is 18.5 Å². The fraction of sp³-hybridized carbons (Fsp3) is 0.214. The van der Waals surface area contributed by atoms with Crippen molar-refractivity contribution >= 4 is 11.7 Å². The lowest BCUT2D eigenvalue weighted by molar-refractivity contribution is 0.249. The number of hydrogen-bond acceptors (Lipinski definition) is 4. The molecule has 104 valence electrons. The van der Waals surface area contributed by atoms with E-state index in [1.807, 2.05) is 19.1 Å². The van der Waals surface area contributed by atoms with Gasteiger partial charge in [-0.3, -0.25) is 4.98 Å². The highest BCUT2D eigenvalue weighted by Gasteiger charge is 2.09. The van der Waals surface area contributed by atoms with Gasteiger partial charge in [-0.1, -0.05) is 6.07 Å². The number of anilines is 1. The van der Waals surface area contributed by atoms with Crippen molar-refractivity contribution in [2.45, 2.75) is 13.0 Å². The van der Waals surface area contributed by atoms with E-state index in [0.29, 0.717) is 11.6 Å². The molecule has 0 aromatic carbocycles. The summed E-state index contributed by atoms with van der Waals surface area (Å²) in [5.41, 5.74) is 1.54. The molecule has 0 radical (unpaired) electrons. The van der Waals surface area contributed by atoms with Crippen molar-refractivity contribution in [3.8, 4) is 5.88 Å². The molecule has 0 aliphatic rings. The highest BCUT2D eigenvalue weighted by molar-refractivity contribution is 5.89. The Kier molecular flexibility index (Phi) is 4.49. The molecule has 0 saturated carbocycles. The Bertz CT molecular complexity index is 557. The third-order valence-corrected chi connectivity index (χ3v) is 2.74. The van der Waals surface area contributed by atoms with E-state index in [4.69, 9.17) is 4.74 Å². The average Bonchev–Trinajstić information content (AvgIpc) is 2.49. The van der Waals surface area contributed by atoms with Crippen LogP contribution in [-0.2, 0) is 0 Å². The summed E-state index contributed by atoms with van der Waals surface area (Å²) in [6.45, 7) is 1.89. The lowest BCUT2D eigenvalue weighted by Gasteiger charge is -2.14. The summed E-state index contributed by atoms with van der Waals surface area (Å²) in [6.07, 6.45) is 4.95. The van der Waals surface area contributed by atoms with Gasteiger partial charge in [0.1, 0.15) is 0 Å². The van der Waals surface area contributed by atoms with Gasteiger partial charge in [-0.05, 0) is 24.6 Å². The van der Waals surface area contributed by atoms with E-state index >= 15 is 0 Å². The first-order chi connectivity index (χ1) is 9.69. The minimum absolute atomic E-state index is 0.130. The second-order valence-corrected chi connectivity index (χ2v) is 4.20. The van der Waals surface area contributed by atoms with Gasteiger partial charge in [0.25, 0.3) is 0 Å². The Morgan fingerprint density at radius 3 is 2.75 bits per heavy atom. The number of methoxy groups -OCH3 is 1. The number of hydrogen-bond donors (Lipinski definition) is 2. The minimum Gasteiger partial charge on any atom is -0.481 e. The molecule has 0 aliphatic heterocycles. The van der Waals surface area contributed by atoms with Crippen LogP contribution in [0.5, 0.6) is 5.88 Å². The summed E-state index contributed by atoms with van der Waals surface area (Å²) in [7, 11) is 1.54. The molecular weight excluding hydrogens is 256 g/mol. The predicted molar refractivity (Wildman–Crippen MR) is 75.6 cm³/mol. The molecule has 2 N–H and O–H groups in total. The quantitative estimate of drug-likeness (QED) is 0.895. The molecule has 2 heterocycles. The van der Waals surface area contributed by atoms with Gasteiger partial charge >= 0.3 is 6.03 Å². The van der Waals surface area contributed by atoms with Crippen molar-refractivity contribution in [3.05, 3.63) is 48.4 Å². The minimum atomic E-state index is -0.298. The summed E-state index contributed by atoms with van der Waals surface area (Å²) >= 11 is 0.